The van der Waals surface area contributed by atoms with E-state index in [0.29, 0.717) is 18.4 Å². The van der Waals surface area contributed by atoms with Crippen LogP contribution in [0.2, 0.25) is 0 Å². The highest BCUT2D eigenvalue weighted by atomic mass is 19.1. The summed E-state index contributed by atoms with van der Waals surface area (Å²) in [6.45, 7) is 2.08. The van der Waals surface area contributed by atoms with Crippen molar-refractivity contribution in [2.24, 2.45) is 5.92 Å². The lowest BCUT2D eigenvalue weighted by Gasteiger charge is -2.41. The Balaban J connectivity index is 1.71. The van der Waals surface area contributed by atoms with Crippen molar-refractivity contribution in [1.29, 1.82) is 0 Å². The van der Waals surface area contributed by atoms with E-state index in [4.69, 9.17) is 4.74 Å². The van der Waals surface area contributed by atoms with Gasteiger partial charge >= 0.3 is 5.97 Å². The summed E-state index contributed by atoms with van der Waals surface area (Å²) in [5.41, 5.74) is 2.40. The average Bonchev–Trinajstić information content (AvgIpc) is 2.54. The monoisotopic (exact) mass is 303 g/mol. The number of benzene rings is 1. The maximum Gasteiger partial charge on any atom is 0.305 e. The number of piperidine rings is 1. The Labute approximate surface area is 130 Å². The summed E-state index contributed by atoms with van der Waals surface area (Å²) in [5.74, 6) is 0.0899. The van der Waals surface area contributed by atoms with E-state index in [1.54, 1.807) is 0 Å². The third kappa shape index (κ3) is 3.38. The Morgan fingerprint density at radius 2 is 2.09 bits per heavy atom. The number of carbonyl (C=O) groups excluding carboxylic acids is 1. The first-order valence-corrected chi connectivity index (χ1v) is 7.93. The third-order valence-electron chi connectivity index (χ3n) is 4.83. The van der Waals surface area contributed by atoms with Crippen LogP contribution in [0.3, 0.4) is 0 Å². The van der Waals surface area contributed by atoms with Crippen LogP contribution >= 0.6 is 0 Å². The van der Waals surface area contributed by atoms with E-state index >= 15 is 0 Å². The lowest BCUT2D eigenvalue weighted by atomic mass is 9.84. The lowest BCUT2D eigenvalue weighted by Crippen LogP contribution is -2.44. The van der Waals surface area contributed by atoms with E-state index in [0.717, 1.165) is 37.9 Å². The van der Waals surface area contributed by atoms with Gasteiger partial charge in [0.25, 0.3) is 0 Å². The second-order valence-corrected chi connectivity index (χ2v) is 6.22. The van der Waals surface area contributed by atoms with Gasteiger partial charge in [-0.05, 0) is 55.0 Å². The molecule has 0 radical (unpaired) electrons. The highest BCUT2D eigenvalue weighted by Crippen LogP contribution is 2.33. The van der Waals surface area contributed by atoms with Gasteiger partial charge in [-0.3, -0.25) is 9.69 Å². The molecular formula is C18H22FNO2. The second kappa shape index (κ2) is 6.61. The molecule has 1 fully saturated rings. The van der Waals surface area contributed by atoms with Gasteiger partial charge in [0.2, 0.25) is 0 Å². The van der Waals surface area contributed by atoms with Crippen LogP contribution in [0.15, 0.2) is 30.3 Å². The van der Waals surface area contributed by atoms with Gasteiger partial charge in [0.05, 0.1) is 7.11 Å². The second-order valence-electron chi connectivity index (χ2n) is 6.22. The molecule has 0 spiro atoms. The van der Waals surface area contributed by atoms with Crippen LogP contribution in [0, 0.1) is 11.7 Å². The number of rotatable bonds is 3. The van der Waals surface area contributed by atoms with E-state index < -0.39 is 0 Å². The van der Waals surface area contributed by atoms with E-state index in [9.17, 15) is 9.18 Å². The van der Waals surface area contributed by atoms with Gasteiger partial charge in [0.15, 0.2) is 0 Å². The standard InChI is InChI=1S/C18H22FNO2/c1-22-18(21)11-13-6-8-20-9-7-15(12-17(20)10-13)14-2-4-16(19)5-3-14/h2-5,12-13,17H,6-11H2,1H3. The summed E-state index contributed by atoms with van der Waals surface area (Å²) in [6, 6.07) is 7.13. The van der Waals surface area contributed by atoms with Crippen LogP contribution in [-0.2, 0) is 9.53 Å². The van der Waals surface area contributed by atoms with Gasteiger partial charge in [-0.25, -0.2) is 4.39 Å². The van der Waals surface area contributed by atoms with Crippen molar-refractivity contribution in [2.75, 3.05) is 20.2 Å². The summed E-state index contributed by atoms with van der Waals surface area (Å²) in [5, 5.41) is 0. The van der Waals surface area contributed by atoms with Crippen molar-refractivity contribution in [3.05, 3.63) is 41.7 Å². The van der Waals surface area contributed by atoms with Gasteiger partial charge in [-0.15, -0.1) is 0 Å². The zero-order chi connectivity index (χ0) is 15.5. The number of nitrogens with zero attached hydrogens (tertiary/aromatic N) is 1. The van der Waals surface area contributed by atoms with Crippen LogP contribution in [0.1, 0.15) is 31.2 Å². The molecule has 0 saturated carbocycles. The molecule has 0 aromatic heterocycles. The number of esters is 1. The molecular weight excluding hydrogens is 281 g/mol. The smallest absolute Gasteiger partial charge is 0.305 e. The number of hydrogen-bond donors (Lipinski definition) is 0. The minimum atomic E-state index is -0.197. The highest BCUT2D eigenvalue weighted by molar-refractivity contribution is 5.69. The fraction of sp³-hybridized carbons (Fsp3) is 0.500. The van der Waals surface area contributed by atoms with Crippen LogP contribution in [0.5, 0.6) is 0 Å². The summed E-state index contributed by atoms with van der Waals surface area (Å²) in [6.07, 6.45) is 5.88. The van der Waals surface area contributed by atoms with Gasteiger partial charge in [-0.2, -0.15) is 0 Å². The van der Waals surface area contributed by atoms with Crippen LogP contribution < -0.4 is 0 Å². The first kappa shape index (κ1) is 15.2. The number of methoxy groups -OCH3 is 1. The fourth-order valence-electron chi connectivity index (χ4n) is 3.56. The molecule has 0 amide bonds. The minimum Gasteiger partial charge on any atom is -0.469 e. The molecule has 0 bridgehead atoms. The topological polar surface area (TPSA) is 29.5 Å². The largest absolute Gasteiger partial charge is 0.469 e. The Hall–Kier alpha value is -1.68. The van der Waals surface area contributed by atoms with Gasteiger partial charge < -0.3 is 4.74 Å². The Bertz CT molecular complexity index is 567. The van der Waals surface area contributed by atoms with Gasteiger partial charge in [0.1, 0.15) is 5.82 Å². The molecule has 1 saturated heterocycles. The number of hydrogen-bond acceptors (Lipinski definition) is 3. The maximum atomic E-state index is 13.1. The maximum absolute atomic E-state index is 13.1. The Morgan fingerprint density at radius 1 is 1.32 bits per heavy atom. The first-order chi connectivity index (χ1) is 10.7. The third-order valence-corrected chi connectivity index (χ3v) is 4.83. The first-order valence-electron chi connectivity index (χ1n) is 7.93. The van der Waals surface area contributed by atoms with Crippen molar-refractivity contribution in [3.8, 4) is 0 Å². The Morgan fingerprint density at radius 3 is 2.82 bits per heavy atom. The molecule has 0 N–H and O–H groups in total. The predicted octanol–water partition coefficient (Wildman–Crippen LogP) is 3.26. The number of carbonyl (C=O) groups is 1. The van der Waals surface area contributed by atoms with Crippen molar-refractivity contribution in [2.45, 2.75) is 31.7 Å². The van der Waals surface area contributed by atoms with E-state index in [2.05, 4.69) is 11.0 Å². The van der Waals surface area contributed by atoms with Gasteiger partial charge in [-0.1, -0.05) is 18.2 Å². The molecule has 2 unspecified atom stereocenters. The Kier molecular flexibility index (Phi) is 4.57. The van der Waals surface area contributed by atoms with Crippen molar-refractivity contribution in [3.63, 3.8) is 0 Å². The van der Waals surface area contributed by atoms with E-state index in [-0.39, 0.29) is 11.8 Å². The fourth-order valence-corrected chi connectivity index (χ4v) is 3.56. The molecule has 2 heterocycles. The number of halogens is 1. The summed E-state index contributed by atoms with van der Waals surface area (Å²) in [4.78, 5) is 14.0. The zero-order valence-corrected chi connectivity index (χ0v) is 12.9. The number of ether oxygens (including phenoxy) is 1. The predicted molar refractivity (Wildman–Crippen MR) is 83.7 cm³/mol. The van der Waals surface area contributed by atoms with Crippen molar-refractivity contribution >= 4 is 11.5 Å². The molecule has 4 heteroatoms. The zero-order valence-electron chi connectivity index (χ0n) is 12.9. The summed E-state index contributed by atoms with van der Waals surface area (Å²) >= 11 is 0. The minimum absolute atomic E-state index is 0.114. The molecule has 0 aliphatic carbocycles. The average molecular weight is 303 g/mol. The summed E-state index contributed by atoms with van der Waals surface area (Å²) in [7, 11) is 1.45. The molecule has 22 heavy (non-hydrogen) atoms. The SMILES string of the molecule is COC(=O)CC1CCN2CCC(c3ccc(F)cc3)=CC2C1. The van der Waals surface area contributed by atoms with E-state index in [1.807, 2.05) is 12.1 Å². The molecule has 1 aromatic carbocycles. The van der Waals surface area contributed by atoms with Crippen molar-refractivity contribution in [1.82, 2.24) is 4.90 Å². The molecule has 3 rings (SSSR count). The van der Waals surface area contributed by atoms with Crippen LogP contribution in [-0.4, -0.2) is 37.1 Å². The molecule has 118 valence electrons. The quantitative estimate of drug-likeness (QED) is 0.803. The lowest BCUT2D eigenvalue weighted by molar-refractivity contribution is -0.142. The molecule has 2 aliphatic heterocycles. The normalized spacial score (nSPS) is 25.3. The molecule has 1 aromatic rings. The molecule has 2 atom stereocenters. The number of fused-ring (bicyclic) bond motifs is 1. The molecule has 2 aliphatic rings. The van der Waals surface area contributed by atoms with Crippen LogP contribution in [0.4, 0.5) is 4.39 Å². The van der Waals surface area contributed by atoms with Crippen LogP contribution in [0.25, 0.3) is 5.57 Å². The highest BCUT2D eigenvalue weighted by Gasteiger charge is 2.31. The molecule has 3 nitrogen and oxygen atoms in total. The van der Waals surface area contributed by atoms with Gasteiger partial charge in [0, 0.05) is 19.0 Å². The summed E-state index contributed by atoms with van der Waals surface area (Å²) < 4.78 is 17.8. The van der Waals surface area contributed by atoms with E-state index in [1.165, 1.54) is 24.8 Å². The van der Waals surface area contributed by atoms with Crippen molar-refractivity contribution < 1.29 is 13.9 Å².